The number of hydrogen-bond donors (Lipinski definition) is 0. The maximum Gasteiger partial charge on any atom is 0.192 e. The zero-order valence-corrected chi connectivity index (χ0v) is 19.5. The third-order valence-corrected chi connectivity index (χ3v) is 6.14. The molecule has 1 atom stereocenters. The van der Waals surface area contributed by atoms with Crippen LogP contribution in [0.15, 0.2) is 96.1 Å². The van der Waals surface area contributed by atoms with Crippen molar-refractivity contribution < 1.29 is 14.4 Å². The molecule has 0 heterocycles. The molecule has 1 aliphatic rings. The maximum absolute atomic E-state index is 13.2. The molecule has 1 aliphatic carbocycles. The van der Waals surface area contributed by atoms with Gasteiger partial charge in [0, 0.05) is 48.8 Å². The summed E-state index contributed by atoms with van der Waals surface area (Å²) in [5.41, 5.74) is 1.97. The molecular weight excluding hydrogens is 479 g/mol. The van der Waals surface area contributed by atoms with Gasteiger partial charge in [-0.2, -0.15) is 0 Å². The van der Waals surface area contributed by atoms with Crippen LogP contribution < -0.4 is 0 Å². The molecular formula is C27H17Cl3O3. The minimum atomic E-state index is -0.673. The normalized spacial score (nSPS) is 15.4. The van der Waals surface area contributed by atoms with E-state index in [-0.39, 0.29) is 29.3 Å². The van der Waals surface area contributed by atoms with E-state index in [1.807, 2.05) is 0 Å². The molecule has 6 heteroatoms. The number of carbonyl (C=O) groups excluding carboxylic acids is 3. The van der Waals surface area contributed by atoms with Gasteiger partial charge in [0.2, 0.25) is 0 Å². The topological polar surface area (TPSA) is 51.2 Å². The molecule has 4 rings (SSSR count). The fourth-order valence-electron chi connectivity index (χ4n) is 3.66. The average molecular weight is 496 g/mol. The van der Waals surface area contributed by atoms with Gasteiger partial charge < -0.3 is 0 Å². The first-order chi connectivity index (χ1) is 15.8. The summed E-state index contributed by atoms with van der Waals surface area (Å²) in [6.45, 7) is 0. The van der Waals surface area contributed by atoms with Gasteiger partial charge in [-0.3, -0.25) is 14.4 Å². The van der Waals surface area contributed by atoms with Gasteiger partial charge in [-0.25, -0.2) is 0 Å². The third kappa shape index (κ3) is 5.33. The summed E-state index contributed by atoms with van der Waals surface area (Å²) in [5, 5.41) is 1.54. The number of halogens is 3. The van der Waals surface area contributed by atoms with Crippen molar-refractivity contribution in [3.8, 4) is 0 Å². The molecule has 0 aromatic heterocycles. The molecule has 3 aromatic rings. The molecule has 0 saturated carbocycles. The molecule has 3 nitrogen and oxygen atoms in total. The quantitative estimate of drug-likeness (QED) is 0.333. The highest BCUT2D eigenvalue weighted by molar-refractivity contribution is 6.31. The number of carbonyl (C=O) groups is 3. The smallest absolute Gasteiger partial charge is 0.192 e. The zero-order chi connectivity index (χ0) is 23.5. The minimum Gasteiger partial charge on any atom is -0.294 e. The highest BCUT2D eigenvalue weighted by Gasteiger charge is 2.29. The molecule has 0 fully saturated rings. The number of hydrogen-bond acceptors (Lipinski definition) is 3. The van der Waals surface area contributed by atoms with E-state index in [1.165, 1.54) is 0 Å². The SMILES string of the molecule is O=C(C1=CC(C(=O)c2ccc(Cl)cc2)CC(C(=O)c2ccc(Cl)cc2)=C1)c1ccc(Cl)cc1. The Bertz CT molecular complexity index is 1290. The number of rotatable bonds is 6. The first kappa shape index (κ1) is 23.2. The highest BCUT2D eigenvalue weighted by atomic mass is 35.5. The average Bonchev–Trinajstić information content (AvgIpc) is 2.84. The summed E-state index contributed by atoms with van der Waals surface area (Å²) >= 11 is 17.8. The van der Waals surface area contributed by atoms with Crippen molar-refractivity contribution in [3.05, 3.63) is 128 Å². The lowest BCUT2D eigenvalue weighted by Crippen LogP contribution is -2.21. The second-order valence-corrected chi connectivity index (χ2v) is 8.95. The van der Waals surface area contributed by atoms with E-state index in [9.17, 15) is 14.4 Å². The van der Waals surface area contributed by atoms with Crippen molar-refractivity contribution >= 4 is 52.2 Å². The van der Waals surface area contributed by atoms with Crippen LogP contribution in [0.2, 0.25) is 15.1 Å². The summed E-state index contributed by atoms with van der Waals surface area (Å²) < 4.78 is 0. The van der Waals surface area contributed by atoms with Gasteiger partial charge in [0.1, 0.15) is 0 Å². The lowest BCUT2D eigenvalue weighted by atomic mass is 9.81. The maximum atomic E-state index is 13.2. The van der Waals surface area contributed by atoms with Crippen LogP contribution in [0.1, 0.15) is 37.5 Å². The molecule has 3 aromatic carbocycles. The van der Waals surface area contributed by atoms with E-state index in [1.54, 1.807) is 84.9 Å². The molecule has 0 spiro atoms. The summed E-state index contributed by atoms with van der Waals surface area (Å²) in [5.74, 6) is -1.41. The van der Waals surface area contributed by atoms with Crippen molar-refractivity contribution in [3.63, 3.8) is 0 Å². The molecule has 0 N–H and O–H groups in total. The summed E-state index contributed by atoms with van der Waals surface area (Å²) in [6, 6.07) is 19.5. The van der Waals surface area contributed by atoms with E-state index in [4.69, 9.17) is 34.8 Å². The second-order valence-electron chi connectivity index (χ2n) is 7.65. The predicted molar refractivity (Wildman–Crippen MR) is 132 cm³/mol. The first-order valence-electron chi connectivity index (χ1n) is 10.1. The van der Waals surface area contributed by atoms with Crippen LogP contribution in [0.25, 0.3) is 0 Å². The van der Waals surface area contributed by atoms with E-state index in [2.05, 4.69) is 0 Å². The monoisotopic (exact) mass is 494 g/mol. The van der Waals surface area contributed by atoms with E-state index in [0.29, 0.717) is 37.3 Å². The largest absolute Gasteiger partial charge is 0.294 e. The van der Waals surface area contributed by atoms with Gasteiger partial charge in [0.15, 0.2) is 17.3 Å². The van der Waals surface area contributed by atoms with Crippen molar-refractivity contribution in [1.82, 2.24) is 0 Å². The molecule has 0 aliphatic heterocycles. The van der Waals surface area contributed by atoms with Crippen LogP contribution in [0.5, 0.6) is 0 Å². The minimum absolute atomic E-state index is 0.181. The number of benzene rings is 3. The van der Waals surface area contributed by atoms with Crippen LogP contribution in [-0.4, -0.2) is 17.3 Å². The summed E-state index contributed by atoms with van der Waals surface area (Å²) in [4.78, 5) is 39.6. The Balaban J connectivity index is 1.72. The van der Waals surface area contributed by atoms with Gasteiger partial charge in [0.25, 0.3) is 0 Å². The standard InChI is InChI=1S/C27H17Cl3O3/c28-22-7-1-16(2-8-22)25(31)19-13-20(26(32)17-3-9-23(29)10-4-17)15-21(14-19)27(33)18-5-11-24(30)12-6-18/h1-14,20H,15H2. The number of Topliss-reactive ketones (excluding diaryl/α,β-unsaturated/α-hetero) is 3. The highest BCUT2D eigenvalue weighted by Crippen LogP contribution is 2.30. The molecule has 164 valence electrons. The Kier molecular flexibility index (Phi) is 6.94. The van der Waals surface area contributed by atoms with Crippen LogP contribution in [0.3, 0.4) is 0 Å². The third-order valence-electron chi connectivity index (χ3n) is 5.38. The predicted octanol–water partition coefficient (Wildman–Crippen LogP) is 7.47. The fourth-order valence-corrected chi connectivity index (χ4v) is 4.04. The zero-order valence-electron chi connectivity index (χ0n) is 17.2. The van der Waals surface area contributed by atoms with E-state index >= 15 is 0 Å². The molecule has 0 radical (unpaired) electrons. The first-order valence-corrected chi connectivity index (χ1v) is 11.3. The Hall–Kier alpha value is -2.98. The van der Waals surface area contributed by atoms with Gasteiger partial charge >= 0.3 is 0 Å². The Morgan fingerprint density at radius 1 is 0.606 bits per heavy atom. The van der Waals surface area contributed by atoms with Crippen LogP contribution in [0.4, 0.5) is 0 Å². The van der Waals surface area contributed by atoms with E-state index in [0.717, 1.165) is 0 Å². The molecule has 0 bridgehead atoms. The van der Waals surface area contributed by atoms with Crippen molar-refractivity contribution in [1.29, 1.82) is 0 Å². The van der Waals surface area contributed by atoms with Crippen molar-refractivity contribution in [2.24, 2.45) is 5.92 Å². The summed E-state index contributed by atoms with van der Waals surface area (Å²) in [7, 11) is 0. The Morgan fingerprint density at radius 2 is 1.03 bits per heavy atom. The van der Waals surface area contributed by atoms with Gasteiger partial charge in [-0.1, -0.05) is 40.9 Å². The van der Waals surface area contributed by atoms with Crippen molar-refractivity contribution in [2.45, 2.75) is 6.42 Å². The van der Waals surface area contributed by atoms with Gasteiger partial charge in [-0.15, -0.1) is 0 Å². The van der Waals surface area contributed by atoms with Crippen molar-refractivity contribution in [2.75, 3.05) is 0 Å². The lowest BCUT2D eigenvalue weighted by Gasteiger charge is -2.20. The molecule has 0 saturated heterocycles. The van der Waals surface area contributed by atoms with Crippen LogP contribution in [0, 0.1) is 5.92 Å². The van der Waals surface area contributed by atoms with Crippen LogP contribution in [-0.2, 0) is 0 Å². The fraction of sp³-hybridized carbons (Fsp3) is 0.0741. The lowest BCUT2D eigenvalue weighted by molar-refractivity contribution is 0.0939. The number of allylic oxidation sites excluding steroid dienone is 4. The van der Waals surface area contributed by atoms with E-state index < -0.39 is 5.92 Å². The summed E-state index contributed by atoms with van der Waals surface area (Å²) in [6.07, 6.45) is 3.38. The Labute approximate surface area is 206 Å². The van der Waals surface area contributed by atoms with Gasteiger partial charge in [-0.05, 0) is 85.3 Å². The molecule has 33 heavy (non-hydrogen) atoms. The Morgan fingerprint density at radius 3 is 1.52 bits per heavy atom. The number of ketones is 3. The molecule has 1 unspecified atom stereocenters. The molecule has 0 amide bonds. The van der Waals surface area contributed by atoms with Gasteiger partial charge in [0.05, 0.1) is 0 Å². The van der Waals surface area contributed by atoms with Crippen LogP contribution >= 0.6 is 34.8 Å². The second kappa shape index (κ2) is 9.88.